The minimum atomic E-state index is -0.522. The maximum atomic E-state index is 12.3. The highest BCUT2D eigenvalue weighted by Crippen LogP contribution is 2.30. The molecule has 2 aromatic carbocycles. The number of amides is 1. The van der Waals surface area contributed by atoms with Gasteiger partial charge in [0.1, 0.15) is 29.3 Å². The van der Waals surface area contributed by atoms with Gasteiger partial charge in [-0.15, -0.1) is 12.6 Å². The van der Waals surface area contributed by atoms with Crippen molar-refractivity contribution in [2.45, 2.75) is 6.17 Å². The summed E-state index contributed by atoms with van der Waals surface area (Å²) in [7, 11) is 0. The molecule has 0 bridgehead atoms. The molecule has 0 fully saturated rings. The molecule has 3 aromatic rings. The first-order chi connectivity index (χ1) is 14.6. The third-order valence-electron chi connectivity index (χ3n) is 4.58. The number of thiol groups is 1. The van der Waals surface area contributed by atoms with E-state index in [1.54, 1.807) is 17.1 Å². The number of anilines is 1. The fourth-order valence-electron chi connectivity index (χ4n) is 3.13. The number of carbonyl (C=O) groups is 1. The molecular weight excluding hydrogens is 462 g/mol. The van der Waals surface area contributed by atoms with Crippen molar-refractivity contribution in [2.24, 2.45) is 0 Å². The van der Waals surface area contributed by atoms with Crippen molar-refractivity contribution in [1.29, 1.82) is 5.26 Å². The first-order valence-electron chi connectivity index (χ1n) is 9.09. The SMILES string of the molecule is N#CC1=C(S)N(c2ccccc2)C(/C=C/c2ccc(-c3ccc(Br)cc3)o2)NC1=O. The highest BCUT2D eigenvalue weighted by molar-refractivity contribution is 9.10. The molecule has 0 radical (unpaired) electrons. The van der Waals surface area contributed by atoms with Crippen LogP contribution in [0.2, 0.25) is 0 Å². The number of rotatable bonds is 4. The van der Waals surface area contributed by atoms with Gasteiger partial charge in [-0.3, -0.25) is 4.79 Å². The van der Waals surface area contributed by atoms with Gasteiger partial charge in [0.05, 0.1) is 5.03 Å². The van der Waals surface area contributed by atoms with Crippen molar-refractivity contribution < 1.29 is 9.21 Å². The van der Waals surface area contributed by atoms with Gasteiger partial charge < -0.3 is 14.6 Å². The zero-order valence-corrected chi connectivity index (χ0v) is 18.1. The predicted molar refractivity (Wildman–Crippen MR) is 123 cm³/mol. The molecule has 30 heavy (non-hydrogen) atoms. The van der Waals surface area contributed by atoms with E-state index in [9.17, 15) is 10.1 Å². The lowest BCUT2D eigenvalue weighted by Gasteiger charge is -2.36. The second-order valence-electron chi connectivity index (χ2n) is 6.50. The van der Waals surface area contributed by atoms with Gasteiger partial charge in [0, 0.05) is 15.7 Å². The summed E-state index contributed by atoms with van der Waals surface area (Å²) in [5.74, 6) is 0.932. The topological polar surface area (TPSA) is 69.3 Å². The quantitative estimate of drug-likeness (QED) is 0.496. The van der Waals surface area contributed by atoms with E-state index in [4.69, 9.17) is 4.42 Å². The van der Waals surface area contributed by atoms with Crippen LogP contribution < -0.4 is 10.2 Å². The minimum absolute atomic E-state index is 0.0256. The molecule has 148 valence electrons. The molecule has 4 rings (SSSR count). The van der Waals surface area contributed by atoms with Crippen LogP contribution in [-0.2, 0) is 4.79 Å². The fourth-order valence-corrected chi connectivity index (χ4v) is 3.78. The fraction of sp³-hybridized carbons (Fsp3) is 0.0435. The summed E-state index contributed by atoms with van der Waals surface area (Å²) in [5, 5.41) is 12.5. The van der Waals surface area contributed by atoms with Crippen molar-refractivity contribution in [3.63, 3.8) is 0 Å². The molecule has 2 heterocycles. The van der Waals surface area contributed by atoms with Crippen molar-refractivity contribution in [3.05, 3.63) is 93.6 Å². The Balaban J connectivity index is 1.63. The monoisotopic (exact) mass is 477 g/mol. The number of nitriles is 1. The number of hydrogen-bond acceptors (Lipinski definition) is 5. The van der Waals surface area contributed by atoms with Crippen LogP contribution in [0.5, 0.6) is 0 Å². The van der Waals surface area contributed by atoms with Crippen molar-refractivity contribution >= 4 is 46.2 Å². The summed E-state index contributed by atoms with van der Waals surface area (Å²) < 4.78 is 6.92. The van der Waals surface area contributed by atoms with E-state index < -0.39 is 12.1 Å². The lowest BCUT2D eigenvalue weighted by Crippen LogP contribution is -2.51. The molecule has 1 aliphatic heterocycles. The summed E-state index contributed by atoms with van der Waals surface area (Å²) in [5.41, 5.74) is 1.75. The number of para-hydroxylation sites is 1. The molecule has 7 heteroatoms. The average molecular weight is 478 g/mol. The van der Waals surface area contributed by atoms with Gasteiger partial charge in [-0.2, -0.15) is 5.26 Å². The van der Waals surface area contributed by atoms with Crippen LogP contribution in [0.1, 0.15) is 5.76 Å². The van der Waals surface area contributed by atoms with Gasteiger partial charge in [0.15, 0.2) is 0 Å². The standard InChI is InChI=1S/C23H16BrN3O2S/c24-16-8-6-15(7-9-16)20-12-10-18(29-20)11-13-21-26-22(28)19(14-25)23(30)27(21)17-4-2-1-3-5-17/h1-13,21,30H,(H,26,28)/b13-11+. The molecule has 0 saturated carbocycles. The Bertz CT molecular complexity index is 1180. The van der Waals surface area contributed by atoms with Crippen LogP contribution in [0.3, 0.4) is 0 Å². The summed E-state index contributed by atoms with van der Waals surface area (Å²) in [6, 6.07) is 23.0. The van der Waals surface area contributed by atoms with Crippen molar-refractivity contribution in [3.8, 4) is 17.4 Å². The smallest absolute Gasteiger partial charge is 0.266 e. The summed E-state index contributed by atoms with van der Waals surface area (Å²) in [6.07, 6.45) is 3.08. The average Bonchev–Trinajstić information content (AvgIpc) is 3.22. The Labute approximate surface area is 187 Å². The molecule has 0 spiro atoms. The molecular formula is C23H16BrN3O2S. The number of nitrogens with zero attached hydrogens (tertiary/aromatic N) is 2. The van der Waals surface area contributed by atoms with E-state index in [0.717, 1.165) is 21.5 Å². The minimum Gasteiger partial charge on any atom is -0.457 e. The lowest BCUT2D eigenvalue weighted by molar-refractivity contribution is -0.117. The molecule has 1 amide bonds. The van der Waals surface area contributed by atoms with Crippen LogP contribution in [0.15, 0.2) is 92.3 Å². The van der Waals surface area contributed by atoms with Gasteiger partial charge >= 0.3 is 0 Å². The second-order valence-corrected chi connectivity index (χ2v) is 7.84. The van der Waals surface area contributed by atoms with Gasteiger partial charge in [-0.1, -0.05) is 46.3 Å². The normalized spacial score (nSPS) is 16.6. The van der Waals surface area contributed by atoms with Crippen molar-refractivity contribution in [1.82, 2.24) is 5.32 Å². The number of benzene rings is 2. The van der Waals surface area contributed by atoms with Gasteiger partial charge in [0.25, 0.3) is 5.91 Å². The molecule has 1 aliphatic rings. The second kappa shape index (κ2) is 8.66. The van der Waals surface area contributed by atoms with E-state index >= 15 is 0 Å². The molecule has 1 N–H and O–H groups in total. The first-order valence-corrected chi connectivity index (χ1v) is 10.3. The molecule has 0 saturated heterocycles. The van der Waals surface area contributed by atoms with E-state index in [0.29, 0.717) is 10.8 Å². The Morgan fingerprint density at radius 3 is 2.53 bits per heavy atom. The number of halogens is 1. The maximum absolute atomic E-state index is 12.3. The Kier molecular flexibility index (Phi) is 5.79. The predicted octanol–water partition coefficient (Wildman–Crippen LogP) is 5.35. The van der Waals surface area contributed by atoms with E-state index in [2.05, 4.69) is 33.9 Å². The van der Waals surface area contributed by atoms with Crippen LogP contribution in [0.25, 0.3) is 17.4 Å². The Morgan fingerprint density at radius 1 is 1.10 bits per heavy atom. The summed E-state index contributed by atoms with van der Waals surface area (Å²) in [4.78, 5) is 14.1. The van der Waals surface area contributed by atoms with E-state index in [-0.39, 0.29) is 5.57 Å². The Morgan fingerprint density at radius 2 is 1.83 bits per heavy atom. The molecule has 0 aliphatic carbocycles. The molecule has 5 nitrogen and oxygen atoms in total. The zero-order chi connectivity index (χ0) is 21.1. The largest absolute Gasteiger partial charge is 0.457 e. The Hall–Kier alpha value is -3.21. The van der Waals surface area contributed by atoms with Crippen LogP contribution in [0, 0.1) is 11.3 Å². The van der Waals surface area contributed by atoms with Gasteiger partial charge in [0.2, 0.25) is 0 Å². The number of nitrogens with one attached hydrogen (secondary N) is 1. The molecule has 1 aromatic heterocycles. The molecule has 1 unspecified atom stereocenters. The van der Waals surface area contributed by atoms with Crippen molar-refractivity contribution in [2.75, 3.05) is 4.90 Å². The van der Waals surface area contributed by atoms with E-state index in [1.807, 2.05) is 72.8 Å². The summed E-state index contributed by atoms with van der Waals surface area (Å²) in [6.45, 7) is 0. The number of furan rings is 1. The van der Waals surface area contributed by atoms with Gasteiger partial charge in [-0.25, -0.2) is 0 Å². The third kappa shape index (κ3) is 4.06. The first kappa shape index (κ1) is 20.1. The highest BCUT2D eigenvalue weighted by atomic mass is 79.9. The van der Waals surface area contributed by atoms with Crippen LogP contribution >= 0.6 is 28.6 Å². The lowest BCUT2D eigenvalue weighted by atomic mass is 10.1. The highest BCUT2D eigenvalue weighted by Gasteiger charge is 2.31. The third-order valence-corrected chi connectivity index (χ3v) is 5.55. The van der Waals surface area contributed by atoms with E-state index in [1.165, 1.54) is 0 Å². The van der Waals surface area contributed by atoms with Gasteiger partial charge in [-0.05, 0) is 48.6 Å². The maximum Gasteiger partial charge on any atom is 0.266 e. The summed E-state index contributed by atoms with van der Waals surface area (Å²) >= 11 is 7.89. The molecule has 1 atom stereocenters. The van der Waals surface area contributed by atoms with Crippen LogP contribution in [-0.4, -0.2) is 12.1 Å². The zero-order valence-electron chi connectivity index (χ0n) is 15.6. The number of carbonyl (C=O) groups excluding carboxylic acids is 1. The van der Waals surface area contributed by atoms with Crippen LogP contribution in [0.4, 0.5) is 5.69 Å². The number of hydrogen-bond donors (Lipinski definition) is 2.